The molecule has 2 aliphatic heterocycles. The molecule has 0 spiro atoms. The van der Waals surface area contributed by atoms with Crippen LogP contribution in [0, 0.1) is 5.92 Å². The first-order valence-corrected chi connectivity index (χ1v) is 8.88. The molecule has 0 aromatic heterocycles. The third-order valence-electron chi connectivity index (χ3n) is 5.12. The molecule has 0 radical (unpaired) electrons. The van der Waals surface area contributed by atoms with Gasteiger partial charge in [0.05, 0.1) is 0 Å². The Morgan fingerprint density at radius 2 is 1.91 bits per heavy atom. The first kappa shape index (κ1) is 17.5. The number of nitrogens with one attached hydrogen (secondary N) is 1. The van der Waals surface area contributed by atoms with Crippen LogP contribution in [0.15, 0.2) is 0 Å². The van der Waals surface area contributed by atoms with Gasteiger partial charge in [0.2, 0.25) is 0 Å². The second-order valence-corrected chi connectivity index (χ2v) is 7.10. The van der Waals surface area contributed by atoms with Crippen LogP contribution in [-0.4, -0.2) is 67.8 Å². The van der Waals surface area contributed by atoms with Crippen LogP contribution in [0.1, 0.15) is 46.0 Å². The molecule has 0 saturated carbocycles. The van der Waals surface area contributed by atoms with E-state index in [4.69, 9.17) is 4.74 Å². The minimum atomic E-state index is 0.150. The van der Waals surface area contributed by atoms with E-state index in [2.05, 4.69) is 24.1 Å². The van der Waals surface area contributed by atoms with Gasteiger partial charge in [0.15, 0.2) is 0 Å². The molecule has 1 N–H and O–H groups in total. The lowest BCUT2D eigenvalue weighted by molar-refractivity contribution is 0.124. The van der Waals surface area contributed by atoms with Crippen molar-refractivity contribution in [3.05, 3.63) is 0 Å². The molecule has 2 aliphatic rings. The summed E-state index contributed by atoms with van der Waals surface area (Å²) in [5.74, 6) is 0.629. The van der Waals surface area contributed by atoms with E-state index in [0.29, 0.717) is 18.0 Å². The van der Waals surface area contributed by atoms with Gasteiger partial charge < -0.3 is 19.9 Å². The number of amides is 2. The van der Waals surface area contributed by atoms with Crippen LogP contribution in [0.5, 0.6) is 0 Å². The van der Waals surface area contributed by atoms with Crippen molar-refractivity contribution in [3.8, 4) is 0 Å². The average molecular weight is 311 g/mol. The minimum Gasteiger partial charge on any atom is -0.385 e. The van der Waals surface area contributed by atoms with Crippen LogP contribution in [0.3, 0.4) is 0 Å². The maximum atomic E-state index is 12.5. The van der Waals surface area contributed by atoms with E-state index in [9.17, 15) is 4.79 Å². The molecule has 0 bridgehead atoms. The molecule has 2 atom stereocenters. The summed E-state index contributed by atoms with van der Waals surface area (Å²) in [7, 11) is 1.75. The normalized spacial score (nSPS) is 27.9. The minimum absolute atomic E-state index is 0.150. The Morgan fingerprint density at radius 3 is 2.59 bits per heavy atom. The van der Waals surface area contributed by atoms with Crippen LogP contribution in [-0.2, 0) is 4.74 Å². The fourth-order valence-corrected chi connectivity index (χ4v) is 3.56. The van der Waals surface area contributed by atoms with Gasteiger partial charge >= 0.3 is 6.03 Å². The number of carbonyl (C=O) groups excluding carboxylic acids is 1. The topological polar surface area (TPSA) is 44.8 Å². The predicted octanol–water partition coefficient (Wildman–Crippen LogP) is 2.32. The molecule has 0 aromatic carbocycles. The molecule has 2 rings (SSSR count). The summed E-state index contributed by atoms with van der Waals surface area (Å²) < 4.78 is 5.10. The Hall–Kier alpha value is -0.810. The van der Waals surface area contributed by atoms with E-state index >= 15 is 0 Å². The van der Waals surface area contributed by atoms with Crippen LogP contribution < -0.4 is 5.32 Å². The molecule has 22 heavy (non-hydrogen) atoms. The van der Waals surface area contributed by atoms with Gasteiger partial charge in [0.25, 0.3) is 0 Å². The number of nitrogens with zero attached hydrogens (tertiary/aromatic N) is 2. The van der Waals surface area contributed by atoms with Gasteiger partial charge in [-0.05, 0) is 44.9 Å². The first-order valence-electron chi connectivity index (χ1n) is 8.88. The third kappa shape index (κ3) is 5.13. The first-order chi connectivity index (χ1) is 10.6. The molecule has 128 valence electrons. The van der Waals surface area contributed by atoms with Gasteiger partial charge in [-0.1, -0.05) is 6.92 Å². The maximum Gasteiger partial charge on any atom is 0.317 e. The fourth-order valence-electron chi connectivity index (χ4n) is 3.56. The van der Waals surface area contributed by atoms with Crippen molar-refractivity contribution in [3.63, 3.8) is 0 Å². The van der Waals surface area contributed by atoms with Gasteiger partial charge in [0.1, 0.15) is 0 Å². The van der Waals surface area contributed by atoms with Crippen molar-refractivity contribution in [1.82, 2.24) is 15.1 Å². The average Bonchev–Trinajstić information content (AvgIpc) is 2.51. The quantitative estimate of drug-likeness (QED) is 0.793. The van der Waals surface area contributed by atoms with E-state index < -0.39 is 0 Å². The van der Waals surface area contributed by atoms with E-state index in [-0.39, 0.29) is 6.03 Å². The van der Waals surface area contributed by atoms with Gasteiger partial charge in [-0.3, -0.25) is 0 Å². The smallest absolute Gasteiger partial charge is 0.317 e. The molecular formula is C17H33N3O2. The van der Waals surface area contributed by atoms with Gasteiger partial charge in [-0.25, -0.2) is 4.79 Å². The Labute approximate surface area is 135 Å². The summed E-state index contributed by atoms with van der Waals surface area (Å²) in [6, 6.07) is 0.873. The molecule has 5 nitrogen and oxygen atoms in total. The summed E-state index contributed by atoms with van der Waals surface area (Å²) in [4.78, 5) is 17.0. The van der Waals surface area contributed by atoms with Gasteiger partial charge in [-0.2, -0.15) is 0 Å². The zero-order valence-electron chi connectivity index (χ0n) is 14.5. The van der Waals surface area contributed by atoms with Crippen LogP contribution in [0.2, 0.25) is 0 Å². The van der Waals surface area contributed by atoms with Crippen molar-refractivity contribution in [2.75, 3.05) is 39.9 Å². The summed E-state index contributed by atoms with van der Waals surface area (Å²) in [6.07, 6.45) is 5.60. The monoisotopic (exact) mass is 311 g/mol. The van der Waals surface area contributed by atoms with E-state index in [0.717, 1.165) is 58.5 Å². The Bertz CT molecular complexity index is 343. The highest BCUT2D eigenvalue weighted by molar-refractivity contribution is 5.75. The number of hydrogen-bond donors (Lipinski definition) is 1. The summed E-state index contributed by atoms with van der Waals surface area (Å²) in [5.41, 5.74) is 0. The highest BCUT2D eigenvalue weighted by Gasteiger charge is 2.29. The number of rotatable bonds is 5. The summed E-state index contributed by atoms with van der Waals surface area (Å²) >= 11 is 0. The number of piperidine rings is 2. The molecule has 0 aromatic rings. The predicted molar refractivity (Wildman–Crippen MR) is 89.1 cm³/mol. The molecule has 2 heterocycles. The second kappa shape index (κ2) is 8.73. The summed E-state index contributed by atoms with van der Waals surface area (Å²) in [6.45, 7) is 9.43. The summed E-state index contributed by atoms with van der Waals surface area (Å²) in [5, 5.41) is 3.26. The van der Waals surface area contributed by atoms with E-state index in [1.165, 1.54) is 6.42 Å². The highest BCUT2D eigenvalue weighted by atomic mass is 16.5. The van der Waals surface area contributed by atoms with E-state index in [1.807, 2.05) is 4.90 Å². The molecule has 5 heteroatoms. The van der Waals surface area contributed by atoms with E-state index in [1.54, 1.807) is 7.11 Å². The fraction of sp³-hybridized carbons (Fsp3) is 0.941. The number of urea groups is 1. The molecule has 2 amide bonds. The highest BCUT2D eigenvalue weighted by Crippen LogP contribution is 2.21. The molecule has 2 fully saturated rings. The molecular weight excluding hydrogens is 278 g/mol. The van der Waals surface area contributed by atoms with Gasteiger partial charge in [0, 0.05) is 52.0 Å². The molecule has 0 aliphatic carbocycles. The number of likely N-dealkylation sites (tertiary alicyclic amines) is 2. The van der Waals surface area contributed by atoms with Crippen molar-refractivity contribution < 1.29 is 9.53 Å². The number of carbonyl (C=O) groups is 1. The largest absolute Gasteiger partial charge is 0.385 e. The lowest BCUT2D eigenvalue weighted by atomic mass is 9.95. The SMILES string of the molecule is COCCCN1CCC(NC(=O)N2C[C@H](C)CC[C@@H]2C)CC1. The second-order valence-electron chi connectivity index (χ2n) is 7.10. The lowest BCUT2D eigenvalue weighted by Gasteiger charge is -2.39. The van der Waals surface area contributed by atoms with Crippen molar-refractivity contribution in [1.29, 1.82) is 0 Å². The van der Waals surface area contributed by atoms with Crippen molar-refractivity contribution >= 4 is 6.03 Å². The Morgan fingerprint density at radius 1 is 1.18 bits per heavy atom. The number of ether oxygens (including phenoxy) is 1. The standard InChI is InChI=1S/C17H33N3O2/c1-14-5-6-15(2)20(13-14)17(21)18-16-7-10-19(11-8-16)9-4-12-22-3/h14-16H,4-13H2,1-3H3,(H,18,21)/t14-,15+/m1/s1. The zero-order chi connectivity index (χ0) is 15.9. The number of hydrogen-bond acceptors (Lipinski definition) is 3. The Balaban J connectivity index is 1.70. The zero-order valence-corrected chi connectivity index (χ0v) is 14.5. The third-order valence-corrected chi connectivity index (χ3v) is 5.12. The Kier molecular flexibility index (Phi) is 6.96. The van der Waals surface area contributed by atoms with Crippen LogP contribution in [0.25, 0.3) is 0 Å². The lowest BCUT2D eigenvalue weighted by Crippen LogP contribution is -2.53. The van der Waals surface area contributed by atoms with Gasteiger partial charge in [-0.15, -0.1) is 0 Å². The molecule has 0 unspecified atom stereocenters. The van der Waals surface area contributed by atoms with Crippen LogP contribution >= 0.6 is 0 Å². The van der Waals surface area contributed by atoms with Crippen molar-refractivity contribution in [2.45, 2.75) is 58.0 Å². The van der Waals surface area contributed by atoms with Crippen molar-refractivity contribution in [2.24, 2.45) is 5.92 Å². The maximum absolute atomic E-state index is 12.5. The molecule has 2 saturated heterocycles. The number of methoxy groups -OCH3 is 1. The van der Waals surface area contributed by atoms with Crippen LogP contribution in [0.4, 0.5) is 4.79 Å².